The Bertz CT molecular complexity index is 744. The largest absolute Gasteiger partial charge is 0.495 e. The lowest BCUT2D eigenvalue weighted by Gasteiger charge is -2.14. The van der Waals surface area contributed by atoms with Gasteiger partial charge in [0, 0.05) is 0 Å². The number of methoxy groups -OCH3 is 1. The van der Waals surface area contributed by atoms with Crippen molar-refractivity contribution in [2.45, 2.75) is 20.0 Å². The van der Waals surface area contributed by atoms with Crippen LogP contribution in [0.15, 0.2) is 48.5 Å². The number of rotatable bonds is 7. The van der Waals surface area contributed by atoms with Crippen molar-refractivity contribution in [3.8, 4) is 11.5 Å². The monoisotopic (exact) mass is 343 g/mol. The number of ether oxygens (including phenoxy) is 3. The van der Waals surface area contributed by atoms with E-state index in [0.717, 1.165) is 5.56 Å². The van der Waals surface area contributed by atoms with Crippen LogP contribution in [0, 0.1) is 6.92 Å². The molecule has 1 N–H and O–H groups in total. The summed E-state index contributed by atoms with van der Waals surface area (Å²) in [6.07, 6.45) is -0.819. The second-order valence-corrected chi connectivity index (χ2v) is 5.43. The van der Waals surface area contributed by atoms with Crippen LogP contribution in [0.2, 0.25) is 0 Å². The fraction of sp³-hybridized carbons (Fsp3) is 0.263. The molecule has 6 heteroatoms. The van der Waals surface area contributed by atoms with Gasteiger partial charge in [0.05, 0.1) is 12.8 Å². The van der Waals surface area contributed by atoms with Crippen LogP contribution in [0.3, 0.4) is 0 Å². The first kappa shape index (κ1) is 18.3. The van der Waals surface area contributed by atoms with Crippen molar-refractivity contribution >= 4 is 17.6 Å². The first-order chi connectivity index (χ1) is 12.0. The molecule has 0 aliphatic rings. The van der Waals surface area contributed by atoms with E-state index in [1.807, 2.05) is 25.1 Å². The molecular formula is C19H21NO5. The van der Waals surface area contributed by atoms with Crippen molar-refractivity contribution < 1.29 is 23.8 Å². The molecule has 0 aliphatic heterocycles. The van der Waals surface area contributed by atoms with E-state index in [-0.39, 0.29) is 0 Å². The second-order valence-electron chi connectivity index (χ2n) is 5.43. The van der Waals surface area contributed by atoms with Gasteiger partial charge in [-0.15, -0.1) is 0 Å². The molecule has 0 saturated carbocycles. The van der Waals surface area contributed by atoms with Crippen LogP contribution in [0.1, 0.15) is 12.5 Å². The van der Waals surface area contributed by atoms with Gasteiger partial charge >= 0.3 is 5.97 Å². The molecule has 1 amide bonds. The number of carbonyl (C=O) groups is 2. The van der Waals surface area contributed by atoms with E-state index in [1.54, 1.807) is 37.3 Å². The highest BCUT2D eigenvalue weighted by molar-refractivity contribution is 5.94. The number of amides is 1. The van der Waals surface area contributed by atoms with E-state index in [2.05, 4.69) is 5.32 Å². The van der Waals surface area contributed by atoms with Crippen LogP contribution < -0.4 is 14.8 Å². The third kappa shape index (κ3) is 5.53. The third-order valence-electron chi connectivity index (χ3n) is 3.36. The molecule has 0 bridgehead atoms. The van der Waals surface area contributed by atoms with Gasteiger partial charge in [-0.25, -0.2) is 4.79 Å². The second kappa shape index (κ2) is 8.73. The molecule has 0 spiro atoms. The zero-order valence-corrected chi connectivity index (χ0v) is 14.4. The first-order valence-electron chi connectivity index (χ1n) is 7.82. The third-order valence-corrected chi connectivity index (χ3v) is 3.36. The summed E-state index contributed by atoms with van der Waals surface area (Å²) in [5.74, 6) is 0.0264. The highest BCUT2D eigenvalue weighted by atomic mass is 16.6. The lowest BCUT2D eigenvalue weighted by Crippen LogP contribution is -2.29. The Hall–Kier alpha value is -3.02. The standard InChI is InChI=1S/C19H21NO5/c1-13-7-6-8-15(11-13)25-14(2)19(22)24-12-18(21)20-16-9-4-5-10-17(16)23-3/h4-11,14H,12H2,1-3H3,(H,20,21)/t14-/m1/s1. The van der Waals surface area contributed by atoms with Crippen LogP contribution in [0.25, 0.3) is 0 Å². The minimum absolute atomic E-state index is 0.404. The van der Waals surface area contributed by atoms with Crippen molar-refractivity contribution in [1.29, 1.82) is 0 Å². The molecule has 2 aromatic carbocycles. The van der Waals surface area contributed by atoms with Gasteiger partial charge in [-0.05, 0) is 43.7 Å². The van der Waals surface area contributed by atoms with Gasteiger partial charge in [0.2, 0.25) is 0 Å². The van der Waals surface area contributed by atoms with Crippen molar-refractivity contribution in [3.63, 3.8) is 0 Å². The van der Waals surface area contributed by atoms with E-state index >= 15 is 0 Å². The van der Waals surface area contributed by atoms with E-state index in [0.29, 0.717) is 17.2 Å². The summed E-state index contributed by atoms with van der Waals surface area (Å²) in [5.41, 5.74) is 1.53. The Morgan fingerprint density at radius 1 is 1.12 bits per heavy atom. The van der Waals surface area contributed by atoms with Crippen LogP contribution in [0.4, 0.5) is 5.69 Å². The van der Waals surface area contributed by atoms with Crippen LogP contribution in [0.5, 0.6) is 11.5 Å². The number of carbonyl (C=O) groups excluding carboxylic acids is 2. The first-order valence-corrected chi connectivity index (χ1v) is 7.82. The van der Waals surface area contributed by atoms with Gasteiger partial charge in [-0.2, -0.15) is 0 Å². The topological polar surface area (TPSA) is 73.9 Å². The summed E-state index contributed by atoms with van der Waals surface area (Å²) in [7, 11) is 1.51. The molecular weight excluding hydrogens is 322 g/mol. The molecule has 0 heterocycles. The van der Waals surface area contributed by atoms with Gasteiger partial charge < -0.3 is 19.5 Å². The molecule has 2 rings (SSSR count). The molecule has 6 nitrogen and oxygen atoms in total. The molecule has 2 aromatic rings. The highest BCUT2D eigenvalue weighted by Crippen LogP contribution is 2.22. The number of hydrogen-bond acceptors (Lipinski definition) is 5. The number of aryl methyl sites for hydroxylation is 1. The number of nitrogens with one attached hydrogen (secondary N) is 1. The van der Waals surface area contributed by atoms with E-state index in [9.17, 15) is 9.59 Å². The van der Waals surface area contributed by atoms with E-state index in [4.69, 9.17) is 14.2 Å². The molecule has 132 valence electrons. The summed E-state index contributed by atoms with van der Waals surface area (Å²) in [4.78, 5) is 23.9. The summed E-state index contributed by atoms with van der Waals surface area (Å²) < 4.78 is 15.7. The molecule has 0 unspecified atom stereocenters. The number of anilines is 1. The molecule has 0 fully saturated rings. The smallest absolute Gasteiger partial charge is 0.347 e. The SMILES string of the molecule is COc1ccccc1NC(=O)COC(=O)[C@@H](C)Oc1cccc(C)c1. The van der Waals surface area contributed by atoms with Crippen molar-refractivity contribution in [2.24, 2.45) is 0 Å². The summed E-state index contributed by atoms with van der Waals surface area (Å²) in [5, 5.41) is 2.63. The maximum absolute atomic E-state index is 12.0. The Balaban J connectivity index is 1.83. The molecule has 0 aliphatic carbocycles. The summed E-state index contributed by atoms with van der Waals surface area (Å²) >= 11 is 0. The Kier molecular flexibility index (Phi) is 6.39. The van der Waals surface area contributed by atoms with Crippen LogP contribution in [-0.4, -0.2) is 31.7 Å². The normalized spacial score (nSPS) is 11.3. The molecule has 25 heavy (non-hydrogen) atoms. The number of benzene rings is 2. The zero-order chi connectivity index (χ0) is 18.2. The minimum atomic E-state index is -0.819. The number of hydrogen-bond donors (Lipinski definition) is 1. The lowest BCUT2D eigenvalue weighted by molar-refractivity contribution is -0.153. The van der Waals surface area contributed by atoms with Gasteiger partial charge in [0.1, 0.15) is 11.5 Å². The van der Waals surface area contributed by atoms with E-state index < -0.39 is 24.6 Å². The number of para-hydroxylation sites is 2. The zero-order valence-electron chi connectivity index (χ0n) is 14.4. The van der Waals surface area contributed by atoms with E-state index in [1.165, 1.54) is 7.11 Å². The summed E-state index contributed by atoms with van der Waals surface area (Å²) in [6, 6.07) is 14.3. The predicted octanol–water partition coefficient (Wildman–Crippen LogP) is 2.95. The fourth-order valence-electron chi connectivity index (χ4n) is 2.13. The van der Waals surface area contributed by atoms with Crippen LogP contribution >= 0.6 is 0 Å². The lowest BCUT2D eigenvalue weighted by atomic mass is 10.2. The number of esters is 1. The average Bonchev–Trinajstić information content (AvgIpc) is 2.60. The highest BCUT2D eigenvalue weighted by Gasteiger charge is 2.18. The molecule has 0 aromatic heterocycles. The van der Waals surface area contributed by atoms with Gasteiger partial charge in [-0.3, -0.25) is 4.79 Å². The molecule has 1 atom stereocenters. The van der Waals surface area contributed by atoms with Crippen molar-refractivity contribution in [1.82, 2.24) is 0 Å². The predicted molar refractivity (Wildman–Crippen MR) is 93.9 cm³/mol. The quantitative estimate of drug-likeness (QED) is 0.783. The Morgan fingerprint density at radius 2 is 1.88 bits per heavy atom. The van der Waals surface area contributed by atoms with Gasteiger partial charge in [0.15, 0.2) is 12.7 Å². The molecule has 0 saturated heterocycles. The minimum Gasteiger partial charge on any atom is -0.495 e. The summed E-state index contributed by atoms with van der Waals surface area (Å²) in [6.45, 7) is 3.10. The van der Waals surface area contributed by atoms with Crippen molar-refractivity contribution in [2.75, 3.05) is 19.0 Å². The Labute approximate surface area is 146 Å². The van der Waals surface area contributed by atoms with Crippen molar-refractivity contribution in [3.05, 3.63) is 54.1 Å². The van der Waals surface area contributed by atoms with Crippen LogP contribution in [-0.2, 0) is 14.3 Å². The van der Waals surface area contributed by atoms with Gasteiger partial charge in [0.25, 0.3) is 5.91 Å². The van der Waals surface area contributed by atoms with Gasteiger partial charge in [-0.1, -0.05) is 24.3 Å². The Morgan fingerprint density at radius 3 is 2.60 bits per heavy atom. The molecule has 0 radical (unpaired) electrons. The maximum Gasteiger partial charge on any atom is 0.347 e. The fourth-order valence-corrected chi connectivity index (χ4v) is 2.13. The maximum atomic E-state index is 12.0. The average molecular weight is 343 g/mol.